The summed E-state index contributed by atoms with van der Waals surface area (Å²) in [6.45, 7) is 18.4. The van der Waals surface area contributed by atoms with Crippen molar-refractivity contribution in [1.29, 1.82) is 0 Å². The third-order valence-corrected chi connectivity index (χ3v) is 14.5. The van der Waals surface area contributed by atoms with Gasteiger partial charge in [0.25, 0.3) is 0 Å². The summed E-state index contributed by atoms with van der Waals surface area (Å²) in [5.74, 6) is 1.33. The Morgan fingerprint density at radius 3 is 1.22 bits per heavy atom. The Morgan fingerprint density at radius 2 is 0.735 bits per heavy atom. The zero-order chi connectivity index (χ0) is 46.5. The monoisotopic (exact) mass is 884 g/mol. The Bertz CT molecular complexity index is 3860. The van der Waals surface area contributed by atoms with Crippen molar-refractivity contribution in [3.63, 3.8) is 0 Å². The SMILES string of the molecule is CC(C)c1ccc(N(c2cc3c(C(C)C)cc(N(c4ccc(C(C)C)cc4)c4cccc5c4oc4ccccc45)c4ccc5c(C(C)C)ccc2c5c34)c2cccc3c2oc2ccccc23)cc1. The van der Waals surface area contributed by atoms with Crippen molar-refractivity contribution in [2.75, 3.05) is 9.80 Å². The predicted octanol–water partition coefficient (Wildman–Crippen LogP) is 19.8. The molecule has 12 aromatic rings. The van der Waals surface area contributed by atoms with E-state index in [2.05, 4.69) is 235 Å². The van der Waals surface area contributed by atoms with Crippen molar-refractivity contribution < 1.29 is 8.83 Å². The summed E-state index contributed by atoms with van der Waals surface area (Å²) >= 11 is 0. The van der Waals surface area contributed by atoms with Crippen LogP contribution in [0.15, 0.2) is 179 Å². The maximum Gasteiger partial charge on any atom is 0.159 e. The van der Waals surface area contributed by atoms with Crippen molar-refractivity contribution in [3.05, 3.63) is 192 Å². The maximum atomic E-state index is 6.87. The lowest BCUT2D eigenvalue weighted by Gasteiger charge is -2.32. The summed E-state index contributed by atoms with van der Waals surface area (Å²) in [5, 5.41) is 11.9. The first kappa shape index (κ1) is 41.8. The molecular weight excluding hydrogens is 829 g/mol. The van der Waals surface area contributed by atoms with Gasteiger partial charge in [0.2, 0.25) is 0 Å². The average molecular weight is 885 g/mol. The number of anilines is 6. The second-order valence-corrected chi connectivity index (χ2v) is 20.0. The third kappa shape index (κ3) is 6.48. The summed E-state index contributed by atoms with van der Waals surface area (Å²) in [6.07, 6.45) is 0. The van der Waals surface area contributed by atoms with Crippen molar-refractivity contribution in [1.82, 2.24) is 0 Å². The van der Waals surface area contributed by atoms with Gasteiger partial charge in [-0.3, -0.25) is 0 Å². The number of para-hydroxylation sites is 4. The molecule has 0 saturated heterocycles. The lowest BCUT2D eigenvalue weighted by molar-refractivity contribution is 0.668. The van der Waals surface area contributed by atoms with Crippen molar-refractivity contribution >= 4 is 110 Å². The number of hydrogen-bond donors (Lipinski definition) is 0. The quantitative estimate of drug-likeness (QED) is 0.128. The molecule has 12 rings (SSSR count). The molecule has 0 radical (unpaired) electrons. The molecule has 334 valence electrons. The van der Waals surface area contributed by atoms with Gasteiger partial charge in [-0.05, 0) is 128 Å². The standard InChI is InChI=1S/C64H56N2O2/c1-37(2)41-23-27-43(28-24-41)65(55-19-13-17-49-46-15-9-11-21-59(46)67-63(49)55)57-35-53(40(7)8)54-36-58(51-33-31-45(39(5)6)48-32-34-52(57)62(54)61(48)51)66(44-29-25-42(26-30-44)38(3)4)56-20-14-18-50-47-16-10-12-22-60(47)68-64(50)56/h9-40H,1-8H3. The third-order valence-electron chi connectivity index (χ3n) is 14.5. The number of rotatable bonds is 10. The van der Waals surface area contributed by atoms with E-state index in [9.17, 15) is 0 Å². The molecule has 0 unspecified atom stereocenters. The first-order valence-electron chi connectivity index (χ1n) is 24.4. The van der Waals surface area contributed by atoms with E-state index < -0.39 is 0 Å². The van der Waals surface area contributed by atoms with E-state index in [0.717, 1.165) is 78.0 Å². The molecular formula is C64H56N2O2. The second-order valence-electron chi connectivity index (χ2n) is 20.0. The lowest BCUT2D eigenvalue weighted by atomic mass is 9.84. The Morgan fingerprint density at radius 1 is 0.309 bits per heavy atom. The van der Waals surface area contributed by atoms with Crippen LogP contribution in [0.5, 0.6) is 0 Å². The molecule has 4 nitrogen and oxygen atoms in total. The van der Waals surface area contributed by atoms with Gasteiger partial charge in [-0.15, -0.1) is 0 Å². The molecule has 0 saturated carbocycles. The first-order valence-corrected chi connectivity index (χ1v) is 24.4. The summed E-state index contributed by atoms with van der Waals surface area (Å²) < 4.78 is 13.7. The molecule has 0 aliphatic heterocycles. The van der Waals surface area contributed by atoms with E-state index >= 15 is 0 Å². The van der Waals surface area contributed by atoms with Gasteiger partial charge in [-0.2, -0.15) is 0 Å². The largest absolute Gasteiger partial charge is 0.454 e. The van der Waals surface area contributed by atoms with Crippen LogP contribution in [0.1, 0.15) is 101 Å². The summed E-state index contributed by atoms with van der Waals surface area (Å²) in [5.41, 5.74) is 15.2. The molecule has 0 aliphatic carbocycles. The fraction of sp³-hybridized carbons (Fsp3) is 0.188. The highest BCUT2D eigenvalue weighted by atomic mass is 16.3. The highest BCUT2D eigenvalue weighted by Crippen LogP contribution is 2.53. The number of nitrogens with zero attached hydrogens (tertiary/aromatic N) is 2. The number of benzene rings is 10. The molecule has 4 heteroatoms. The highest BCUT2D eigenvalue weighted by molar-refractivity contribution is 6.30. The zero-order valence-electron chi connectivity index (χ0n) is 40.2. The van der Waals surface area contributed by atoms with Crippen LogP contribution >= 0.6 is 0 Å². The number of fused-ring (bicyclic) bond motifs is 6. The minimum atomic E-state index is 0.195. The fourth-order valence-electron chi connectivity index (χ4n) is 11.0. The van der Waals surface area contributed by atoms with Gasteiger partial charge in [0.1, 0.15) is 11.2 Å². The lowest BCUT2D eigenvalue weighted by Crippen LogP contribution is -2.13. The number of hydrogen-bond acceptors (Lipinski definition) is 4. The molecule has 0 bridgehead atoms. The van der Waals surface area contributed by atoms with E-state index in [1.807, 2.05) is 0 Å². The summed E-state index contributed by atoms with van der Waals surface area (Å²) in [7, 11) is 0. The molecule has 0 amide bonds. The van der Waals surface area contributed by atoms with E-state index in [4.69, 9.17) is 8.83 Å². The fourth-order valence-corrected chi connectivity index (χ4v) is 11.0. The van der Waals surface area contributed by atoms with Crippen LogP contribution in [-0.4, -0.2) is 0 Å². The van der Waals surface area contributed by atoms with Crippen LogP contribution in [0.3, 0.4) is 0 Å². The zero-order valence-corrected chi connectivity index (χ0v) is 40.2. The van der Waals surface area contributed by atoms with E-state index in [1.54, 1.807) is 0 Å². The van der Waals surface area contributed by atoms with Gasteiger partial charge in [0.15, 0.2) is 11.2 Å². The molecule has 0 aliphatic rings. The Hall–Kier alpha value is -7.56. The van der Waals surface area contributed by atoms with Crippen LogP contribution in [0, 0.1) is 0 Å². The van der Waals surface area contributed by atoms with Crippen LogP contribution in [0.2, 0.25) is 0 Å². The molecule has 68 heavy (non-hydrogen) atoms. The van der Waals surface area contributed by atoms with Gasteiger partial charge in [0, 0.05) is 43.7 Å². The smallest absolute Gasteiger partial charge is 0.159 e. The van der Waals surface area contributed by atoms with Gasteiger partial charge in [0.05, 0.1) is 22.7 Å². The van der Waals surface area contributed by atoms with Gasteiger partial charge in [-0.25, -0.2) is 0 Å². The molecule has 0 N–H and O–H groups in total. The van der Waals surface area contributed by atoms with Crippen LogP contribution in [0.25, 0.3) is 76.2 Å². The van der Waals surface area contributed by atoms with Gasteiger partial charge in [-0.1, -0.05) is 165 Å². The maximum absolute atomic E-state index is 6.87. The highest BCUT2D eigenvalue weighted by Gasteiger charge is 2.29. The van der Waals surface area contributed by atoms with E-state index in [0.29, 0.717) is 17.8 Å². The molecule has 2 heterocycles. The summed E-state index contributed by atoms with van der Waals surface area (Å²) in [6, 6.07) is 62.8. The molecule has 0 fully saturated rings. The average Bonchev–Trinajstić information content (AvgIpc) is 3.93. The van der Waals surface area contributed by atoms with Crippen LogP contribution in [-0.2, 0) is 0 Å². The minimum absolute atomic E-state index is 0.195. The van der Waals surface area contributed by atoms with E-state index in [-0.39, 0.29) is 5.92 Å². The Balaban J connectivity index is 1.21. The van der Waals surface area contributed by atoms with E-state index in [1.165, 1.54) is 54.6 Å². The normalized spacial score (nSPS) is 12.4. The molecule has 10 aromatic carbocycles. The topological polar surface area (TPSA) is 32.8 Å². The van der Waals surface area contributed by atoms with Crippen LogP contribution < -0.4 is 9.80 Å². The summed E-state index contributed by atoms with van der Waals surface area (Å²) in [4.78, 5) is 4.92. The molecule has 0 spiro atoms. The van der Waals surface area contributed by atoms with Crippen molar-refractivity contribution in [2.24, 2.45) is 0 Å². The predicted molar refractivity (Wildman–Crippen MR) is 290 cm³/mol. The second kappa shape index (κ2) is 16.1. The number of furan rings is 2. The van der Waals surface area contributed by atoms with Crippen LogP contribution in [0.4, 0.5) is 34.1 Å². The van der Waals surface area contributed by atoms with Gasteiger partial charge >= 0.3 is 0 Å². The molecule has 0 atom stereocenters. The van der Waals surface area contributed by atoms with Crippen molar-refractivity contribution in [2.45, 2.75) is 79.1 Å². The molecule has 2 aromatic heterocycles. The van der Waals surface area contributed by atoms with Crippen molar-refractivity contribution in [3.8, 4) is 0 Å². The minimum Gasteiger partial charge on any atom is -0.454 e. The Labute approximate surface area is 398 Å². The first-order chi connectivity index (χ1) is 33.0. The van der Waals surface area contributed by atoms with Gasteiger partial charge < -0.3 is 18.6 Å². The Kier molecular flexibility index (Phi) is 9.88.